The topological polar surface area (TPSA) is 63.2 Å². The van der Waals surface area contributed by atoms with Crippen LogP contribution in [0.1, 0.15) is 31.5 Å². The van der Waals surface area contributed by atoms with Gasteiger partial charge in [-0.25, -0.2) is 4.68 Å². The molecular formula is C13H26N6. The van der Waals surface area contributed by atoms with Crippen molar-refractivity contribution in [1.82, 2.24) is 24.8 Å². The number of rotatable bonds is 4. The van der Waals surface area contributed by atoms with Gasteiger partial charge in [0.2, 0.25) is 0 Å². The number of hydrogen-bond donors (Lipinski definition) is 1. The molecule has 0 saturated carbocycles. The van der Waals surface area contributed by atoms with Crippen LogP contribution in [0.25, 0.3) is 0 Å². The molecule has 0 aliphatic carbocycles. The van der Waals surface area contributed by atoms with Crippen molar-refractivity contribution in [2.75, 3.05) is 33.7 Å². The molecule has 2 N–H and O–H groups in total. The molecule has 0 amide bonds. The van der Waals surface area contributed by atoms with Gasteiger partial charge in [-0.3, -0.25) is 0 Å². The smallest absolute Gasteiger partial charge is 0.0770 e. The van der Waals surface area contributed by atoms with Gasteiger partial charge in [-0.05, 0) is 40.0 Å². The molecule has 1 aliphatic rings. The minimum atomic E-state index is -0.0351. The Hall–Kier alpha value is -0.980. The fraction of sp³-hybridized carbons (Fsp3) is 0.846. The van der Waals surface area contributed by atoms with Crippen LogP contribution in [0.15, 0.2) is 6.20 Å². The van der Waals surface area contributed by atoms with E-state index in [1.165, 1.54) is 6.42 Å². The minimum Gasteiger partial charge on any atom is -0.321 e. The normalized spacial score (nSPS) is 24.3. The second-order valence-electron chi connectivity index (χ2n) is 5.57. The number of aromatic nitrogens is 3. The highest BCUT2D eigenvalue weighted by molar-refractivity contribution is 5.06. The van der Waals surface area contributed by atoms with Crippen LogP contribution in [0.3, 0.4) is 0 Å². The van der Waals surface area contributed by atoms with Gasteiger partial charge in [0.15, 0.2) is 0 Å². The molecular weight excluding hydrogens is 240 g/mol. The van der Waals surface area contributed by atoms with Crippen LogP contribution < -0.4 is 5.73 Å². The van der Waals surface area contributed by atoms with E-state index in [0.29, 0.717) is 6.04 Å². The number of nitrogens with two attached hydrogens (primary N) is 1. The van der Waals surface area contributed by atoms with Crippen LogP contribution in [-0.4, -0.2) is 64.6 Å². The molecule has 2 unspecified atom stereocenters. The summed E-state index contributed by atoms with van der Waals surface area (Å²) in [5, 5.41) is 8.17. The van der Waals surface area contributed by atoms with E-state index >= 15 is 0 Å². The molecule has 2 rings (SSSR count). The lowest BCUT2D eigenvalue weighted by Gasteiger charge is -2.32. The Bertz CT molecular complexity index is 390. The molecule has 1 saturated heterocycles. The molecule has 0 bridgehead atoms. The first-order valence-electron chi connectivity index (χ1n) is 7.16. The SMILES string of the molecule is CCCn1nncc1C(N)C1CN(C)CCCN1C. The van der Waals surface area contributed by atoms with Crippen molar-refractivity contribution in [3.05, 3.63) is 11.9 Å². The van der Waals surface area contributed by atoms with Gasteiger partial charge in [-0.1, -0.05) is 12.1 Å². The van der Waals surface area contributed by atoms with Crippen molar-refractivity contribution in [1.29, 1.82) is 0 Å². The van der Waals surface area contributed by atoms with E-state index in [-0.39, 0.29) is 6.04 Å². The van der Waals surface area contributed by atoms with Crippen molar-refractivity contribution in [3.8, 4) is 0 Å². The predicted octanol–water partition coefficient (Wildman–Crippen LogP) is 0.324. The monoisotopic (exact) mass is 266 g/mol. The lowest BCUT2D eigenvalue weighted by Crippen LogP contribution is -2.45. The average molecular weight is 266 g/mol. The van der Waals surface area contributed by atoms with Crippen molar-refractivity contribution < 1.29 is 0 Å². The van der Waals surface area contributed by atoms with E-state index in [1.54, 1.807) is 0 Å². The van der Waals surface area contributed by atoms with Gasteiger partial charge >= 0.3 is 0 Å². The van der Waals surface area contributed by atoms with Gasteiger partial charge in [-0.15, -0.1) is 5.10 Å². The summed E-state index contributed by atoms with van der Waals surface area (Å²) in [4.78, 5) is 4.74. The summed E-state index contributed by atoms with van der Waals surface area (Å²) >= 11 is 0. The Labute approximate surface area is 115 Å². The summed E-state index contributed by atoms with van der Waals surface area (Å²) in [7, 11) is 4.33. The van der Waals surface area contributed by atoms with Crippen molar-refractivity contribution in [3.63, 3.8) is 0 Å². The third-order valence-electron chi connectivity index (χ3n) is 3.95. The maximum atomic E-state index is 6.50. The Balaban J connectivity index is 2.16. The summed E-state index contributed by atoms with van der Waals surface area (Å²) < 4.78 is 1.95. The predicted molar refractivity (Wildman–Crippen MR) is 75.8 cm³/mol. The Kier molecular flexibility index (Phi) is 4.90. The van der Waals surface area contributed by atoms with Crippen LogP contribution >= 0.6 is 0 Å². The molecule has 0 spiro atoms. The van der Waals surface area contributed by atoms with E-state index < -0.39 is 0 Å². The average Bonchev–Trinajstić information content (AvgIpc) is 2.76. The maximum absolute atomic E-state index is 6.50. The lowest BCUT2D eigenvalue weighted by molar-refractivity contribution is 0.192. The van der Waals surface area contributed by atoms with Crippen LogP contribution in [-0.2, 0) is 6.54 Å². The molecule has 2 atom stereocenters. The maximum Gasteiger partial charge on any atom is 0.0770 e. The molecule has 108 valence electrons. The first-order chi connectivity index (χ1) is 9.13. The summed E-state index contributed by atoms with van der Waals surface area (Å²) in [6, 6.07) is 0.286. The molecule has 19 heavy (non-hydrogen) atoms. The first kappa shape index (κ1) is 14.4. The van der Waals surface area contributed by atoms with E-state index in [4.69, 9.17) is 5.73 Å². The highest BCUT2D eigenvalue weighted by Crippen LogP contribution is 2.20. The molecule has 1 aromatic heterocycles. The van der Waals surface area contributed by atoms with Gasteiger partial charge in [0.05, 0.1) is 17.9 Å². The first-order valence-corrected chi connectivity index (χ1v) is 7.16. The zero-order valence-electron chi connectivity index (χ0n) is 12.3. The van der Waals surface area contributed by atoms with Gasteiger partial charge < -0.3 is 15.5 Å². The van der Waals surface area contributed by atoms with E-state index in [9.17, 15) is 0 Å². The number of likely N-dealkylation sites (N-methyl/N-ethyl adjacent to an activating group) is 2. The fourth-order valence-corrected chi connectivity index (χ4v) is 2.80. The second-order valence-corrected chi connectivity index (χ2v) is 5.57. The zero-order chi connectivity index (χ0) is 13.8. The Morgan fingerprint density at radius 3 is 2.95 bits per heavy atom. The molecule has 1 fully saturated rings. The van der Waals surface area contributed by atoms with Crippen LogP contribution in [0.2, 0.25) is 0 Å². The Morgan fingerprint density at radius 2 is 2.21 bits per heavy atom. The number of hydrogen-bond acceptors (Lipinski definition) is 5. The molecule has 0 aromatic carbocycles. The largest absolute Gasteiger partial charge is 0.321 e. The zero-order valence-corrected chi connectivity index (χ0v) is 12.3. The van der Waals surface area contributed by atoms with Crippen LogP contribution in [0, 0.1) is 0 Å². The lowest BCUT2D eigenvalue weighted by atomic mass is 10.0. The molecule has 2 heterocycles. The Morgan fingerprint density at radius 1 is 1.42 bits per heavy atom. The van der Waals surface area contributed by atoms with E-state index in [1.807, 2.05) is 10.9 Å². The van der Waals surface area contributed by atoms with E-state index in [2.05, 4.69) is 41.1 Å². The number of aryl methyl sites for hydroxylation is 1. The quantitative estimate of drug-likeness (QED) is 0.850. The third kappa shape index (κ3) is 3.32. The summed E-state index contributed by atoms with van der Waals surface area (Å²) in [5.41, 5.74) is 7.55. The van der Waals surface area contributed by atoms with Gasteiger partial charge in [0, 0.05) is 19.1 Å². The summed E-state index contributed by atoms with van der Waals surface area (Å²) in [5.74, 6) is 0. The standard InChI is InChI=1S/C13H26N6/c1-4-6-19-11(9-15-16-19)13(14)12-10-17(2)7-5-8-18(12)3/h9,12-13H,4-8,10,14H2,1-3H3. The van der Waals surface area contributed by atoms with E-state index in [0.717, 1.165) is 38.3 Å². The molecule has 6 nitrogen and oxygen atoms in total. The van der Waals surface area contributed by atoms with Gasteiger partial charge in [-0.2, -0.15) is 0 Å². The number of nitrogens with zero attached hydrogens (tertiary/aromatic N) is 5. The molecule has 1 aromatic rings. The van der Waals surface area contributed by atoms with Crippen molar-refractivity contribution >= 4 is 0 Å². The summed E-state index contributed by atoms with van der Waals surface area (Å²) in [6.45, 7) is 6.25. The van der Waals surface area contributed by atoms with Crippen LogP contribution in [0.4, 0.5) is 0 Å². The third-order valence-corrected chi connectivity index (χ3v) is 3.95. The second kappa shape index (κ2) is 6.45. The fourth-order valence-electron chi connectivity index (χ4n) is 2.80. The van der Waals surface area contributed by atoms with Gasteiger partial charge in [0.1, 0.15) is 0 Å². The van der Waals surface area contributed by atoms with Crippen molar-refractivity contribution in [2.45, 2.75) is 38.4 Å². The molecule has 0 radical (unpaired) electrons. The highest BCUT2D eigenvalue weighted by atomic mass is 15.4. The highest BCUT2D eigenvalue weighted by Gasteiger charge is 2.29. The molecule has 6 heteroatoms. The minimum absolute atomic E-state index is 0.0351. The van der Waals surface area contributed by atoms with Crippen molar-refractivity contribution in [2.24, 2.45) is 5.73 Å². The van der Waals surface area contributed by atoms with Gasteiger partial charge in [0.25, 0.3) is 0 Å². The summed E-state index contributed by atoms with van der Waals surface area (Å²) in [6.07, 6.45) is 4.06. The van der Waals surface area contributed by atoms with Crippen LogP contribution in [0.5, 0.6) is 0 Å². The molecule has 1 aliphatic heterocycles.